The lowest BCUT2D eigenvalue weighted by molar-refractivity contribution is 0.215. The summed E-state index contributed by atoms with van der Waals surface area (Å²) in [6, 6.07) is 13.8. The number of nitrogens with two attached hydrogens (primary N) is 1. The van der Waals surface area contributed by atoms with Crippen LogP contribution in [0.25, 0.3) is 0 Å². The molecule has 21 heavy (non-hydrogen) atoms. The SMILES string of the molecule is NCC#Cc1cc(Cl)ccc1NC(=O)Oc1ccccc1. The average molecular weight is 301 g/mol. The van der Waals surface area contributed by atoms with Gasteiger partial charge in [0.1, 0.15) is 5.75 Å². The van der Waals surface area contributed by atoms with Crippen LogP contribution < -0.4 is 15.8 Å². The molecule has 106 valence electrons. The van der Waals surface area contributed by atoms with Crippen molar-refractivity contribution in [1.82, 2.24) is 0 Å². The molecule has 3 N–H and O–H groups in total. The van der Waals surface area contributed by atoms with E-state index in [0.29, 0.717) is 22.0 Å². The van der Waals surface area contributed by atoms with E-state index >= 15 is 0 Å². The molecule has 0 aliphatic carbocycles. The van der Waals surface area contributed by atoms with Crippen molar-refractivity contribution in [2.45, 2.75) is 0 Å². The van der Waals surface area contributed by atoms with E-state index in [0.717, 1.165) is 0 Å². The molecule has 0 saturated carbocycles. The number of carbonyl (C=O) groups is 1. The van der Waals surface area contributed by atoms with Crippen LogP contribution in [0.2, 0.25) is 5.02 Å². The summed E-state index contributed by atoms with van der Waals surface area (Å²) in [5.41, 5.74) is 6.45. The third kappa shape index (κ3) is 4.53. The number of hydrogen-bond donors (Lipinski definition) is 2. The summed E-state index contributed by atoms with van der Waals surface area (Å²) in [5, 5.41) is 3.16. The third-order valence-corrected chi connectivity index (χ3v) is 2.73. The number of hydrogen-bond acceptors (Lipinski definition) is 3. The topological polar surface area (TPSA) is 64.3 Å². The second kappa shape index (κ2) is 7.34. The fraction of sp³-hybridized carbons (Fsp3) is 0.0625. The summed E-state index contributed by atoms with van der Waals surface area (Å²) in [4.78, 5) is 11.9. The maximum absolute atomic E-state index is 11.9. The van der Waals surface area contributed by atoms with E-state index in [-0.39, 0.29) is 6.54 Å². The van der Waals surface area contributed by atoms with E-state index in [9.17, 15) is 4.79 Å². The van der Waals surface area contributed by atoms with Gasteiger partial charge in [-0.3, -0.25) is 5.32 Å². The van der Waals surface area contributed by atoms with Crippen molar-refractivity contribution in [3.05, 3.63) is 59.1 Å². The summed E-state index contributed by atoms with van der Waals surface area (Å²) in [6.45, 7) is 0.223. The van der Waals surface area contributed by atoms with Crippen LogP contribution in [0.5, 0.6) is 5.75 Å². The van der Waals surface area contributed by atoms with E-state index in [1.54, 1.807) is 42.5 Å². The molecule has 4 nitrogen and oxygen atoms in total. The summed E-state index contributed by atoms with van der Waals surface area (Å²) < 4.78 is 5.15. The van der Waals surface area contributed by atoms with Crippen molar-refractivity contribution in [2.24, 2.45) is 5.73 Å². The highest BCUT2D eigenvalue weighted by molar-refractivity contribution is 6.30. The van der Waals surface area contributed by atoms with Crippen LogP contribution in [0, 0.1) is 11.8 Å². The molecule has 0 unspecified atom stereocenters. The summed E-state index contributed by atoms with van der Waals surface area (Å²) >= 11 is 5.92. The summed E-state index contributed by atoms with van der Waals surface area (Å²) in [7, 11) is 0. The maximum Gasteiger partial charge on any atom is 0.417 e. The quantitative estimate of drug-likeness (QED) is 0.837. The number of nitrogens with one attached hydrogen (secondary N) is 1. The first kappa shape index (κ1) is 14.9. The largest absolute Gasteiger partial charge is 0.417 e. The summed E-state index contributed by atoms with van der Waals surface area (Å²) in [6.07, 6.45) is -0.598. The summed E-state index contributed by atoms with van der Waals surface area (Å²) in [5.74, 6) is 6.03. The van der Waals surface area contributed by atoms with Crippen molar-refractivity contribution >= 4 is 23.4 Å². The van der Waals surface area contributed by atoms with Crippen molar-refractivity contribution in [1.29, 1.82) is 0 Å². The van der Waals surface area contributed by atoms with Crippen LogP contribution >= 0.6 is 11.6 Å². The standard InChI is InChI=1S/C16H13ClN2O2/c17-13-8-9-15(12(11-13)5-4-10-18)19-16(20)21-14-6-2-1-3-7-14/h1-3,6-9,11H,10,18H2,(H,19,20). The van der Waals surface area contributed by atoms with E-state index in [2.05, 4.69) is 17.2 Å². The molecule has 0 atom stereocenters. The molecule has 2 aromatic carbocycles. The van der Waals surface area contributed by atoms with Gasteiger partial charge in [0.25, 0.3) is 0 Å². The first-order chi connectivity index (χ1) is 10.2. The fourth-order valence-electron chi connectivity index (χ4n) is 1.61. The Morgan fingerprint density at radius 1 is 1.24 bits per heavy atom. The van der Waals surface area contributed by atoms with Gasteiger partial charge in [0.15, 0.2) is 0 Å². The highest BCUT2D eigenvalue weighted by Crippen LogP contribution is 2.20. The maximum atomic E-state index is 11.9. The lowest BCUT2D eigenvalue weighted by Gasteiger charge is -2.08. The van der Waals surface area contributed by atoms with Crippen LogP contribution in [0.3, 0.4) is 0 Å². The van der Waals surface area contributed by atoms with E-state index in [1.165, 1.54) is 0 Å². The van der Waals surface area contributed by atoms with Crippen molar-refractivity contribution < 1.29 is 9.53 Å². The number of halogens is 1. The molecule has 5 heteroatoms. The van der Waals surface area contributed by atoms with Gasteiger partial charge in [0.05, 0.1) is 12.2 Å². The minimum absolute atomic E-state index is 0.223. The van der Waals surface area contributed by atoms with Crippen LogP contribution in [0.4, 0.5) is 10.5 Å². The zero-order valence-corrected chi connectivity index (χ0v) is 11.9. The molecule has 2 rings (SSSR count). The van der Waals surface area contributed by atoms with E-state index in [1.807, 2.05) is 6.07 Å². The molecule has 0 fully saturated rings. The molecule has 0 bridgehead atoms. The van der Waals surface area contributed by atoms with Gasteiger partial charge in [-0.15, -0.1) is 0 Å². The molecule has 0 aromatic heterocycles. The first-order valence-corrected chi connectivity index (χ1v) is 6.59. The van der Waals surface area contributed by atoms with E-state index in [4.69, 9.17) is 22.1 Å². The predicted octanol–water partition coefficient (Wildman–Crippen LogP) is 3.26. The Morgan fingerprint density at radius 3 is 2.71 bits per heavy atom. The number of ether oxygens (including phenoxy) is 1. The zero-order valence-electron chi connectivity index (χ0n) is 11.1. The fourth-order valence-corrected chi connectivity index (χ4v) is 1.78. The first-order valence-electron chi connectivity index (χ1n) is 6.21. The Morgan fingerprint density at radius 2 is 2.00 bits per heavy atom. The zero-order chi connectivity index (χ0) is 15.1. The van der Waals surface area contributed by atoms with Gasteiger partial charge in [0.2, 0.25) is 0 Å². The van der Waals surface area contributed by atoms with Crippen molar-refractivity contribution in [3.63, 3.8) is 0 Å². The molecule has 2 aromatic rings. The molecule has 0 aliphatic rings. The smallest absolute Gasteiger partial charge is 0.410 e. The third-order valence-electron chi connectivity index (χ3n) is 2.50. The Kier molecular flexibility index (Phi) is 5.22. The second-order valence-corrected chi connectivity index (χ2v) is 4.46. The van der Waals surface area contributed by atoms with Crippen LogP contribution in [-0.2, 0) is 0 Å². The number of anilines is 1. The second-order valence-electron chi connectivity index (χ2n) is 4.02. The van der Waals surface area contributed by atoms with Gasteiger partial charge in [-0.2, -0.15) is 0 Å². The van der Waals surface area contributed by atoms with Crippen LogP contribution in [-0.4, -0.2) is 12.6 Å². The highest BCUT2D eigenvalue weighted by Gasteiger charge is 2.08. The minimum atomic E-state index is -0.598. The Hall–Kier alpha value is -2.48. The molecule has 0 heterocycles. The van der Waals surface area contributed by atoms with Gasteiger partial charge < -0.3 is 10.5 Å². The number of amides is 1. The van der Waals surface area contributed by atoms with Gasteiger partial charge in [0, 0.05) is 10.6 Å². The van der Waals surface area contributed by atoms with Crippen molar-refractivity contribution in [2.75, 3.05) is 11.9 Å². The van der Waals surface area contributed by atoms with Crippen LogP contribution in [0.1, 0.15) is 5.56 Å². The normalized spacial score (nSPS) is 9.43. The minimum Gasteiger partial charge on any atom is -0.410 e. The van der Waals surface area contributed by atoms with Crippen LogP contribution in [0.15, 0.2) is 48.5 Å². The lowest BCUT2D eigenvalue weighted by atomic mass is 10.2. The number of para-hydroxylation sites is 1. The molecular formula is C16H13ClN2O2. The number of carbonyl (C=O) groups excluding carboxylic acids is 1. The van der Waals surface area contributed by atoms with E-state index < -0.39 is 6.09 Å². The monoisotopic (exact) mass is 300 g/mol. The number of rotatable bonds is 2. The van der Waals surface area contributed by atoms with Gasteiger partial charge in [-0.25, -0.2) is 4.79 Å². The molecule has 0 radical (unpaired) electrons. The van der Waals surface area contributed by atoms with Gasteiger partial charge in [-0.1, -0.05) is 41.6 Å². The highest BCUT2D eigenvalue weighted by atomic mass is 35.5. The molecule has 1 amide bonds. The molecule has 0 aliphatic heterocycles. The number of benzene rings is 2. The Balaban J connectivity index is 2.13. The molecule has 0 saturated heterocycles. The van der Waals surface area contributed by atoms with Gasteiger partial charge in [-0.05, 0) is 30.3 Å². The molecular weight excluding hydrogens is 288 g/mol. The average Bonchev–Trinajstić information content (AvgIpc) is 2.48. The van der Waals surface area contributed by atoms with Gasteiger partial charge >= 0.3 is 6.09 Å². The lowest BCUT2D eigenvalue weighted by Crippen LogP contribution is -2.17. The van der Waals surface area contributed by atoms with Crippen molar-refractivity contribution in [3.8, 4) is 17.6 Å². The Labute approximate surface area is 127 Å². The Bertz CT molecular complexity index is 690. The molecule has 0 spiro atoms. The predicted molar refractivity (Wildman–Crippen MR) is 83.5 cm³/mol.